The van der Waals surface area contributed by atoms with Gasteiger partial charge in [0.25, 0.3) is 0 Å². The molecule has 1 atom stereocenters. The fourth-order valence-electron chi connectivity index (χ4n) is 1.79. The van der Waals surface area contributed by atoms with Gasteiger partial charge in [-0.05, 0) is 36.8 Å². The van der Waals surface area contributed by atoms with Gasteiger partial charge >= 0.3 is 0 Å². The lowest BCUT2D eigenvalue weighted by Gasteiger charge is -2.17. The van der Waals surface area contributed by atoms with E-state index >= 15 is 0 Å². The van der Waals surface area contributed by atoms with Crippen molar-refractivity contribution in [3.8, 4) is 0 Å². The molecule has 0 aliphatic carbocycles. The number of thiocarbonyl (C=S) groups is 1. The summed E-state index contributed by atoms with van der Waals surface area (Å²) in [6.07, 6.45) is 0. The van der Waals surface area contributed by atoms with Gasteiger partial charge < -0.3 is 10.6 Å². The van der Waals surface area contributed by atoms with E-state index in [-0.39, 0.29) is 16.8 Å². The summed E-state index contributed by atoms with van der Waals surface area (Å²) < 4.78 is 27.0. The van der Waals surface area contributed by atoms with Crippen LogP contribution in [0.3, 0.4) is 0 Å². The lowest BCUT2D eigenvalue weighted by Crippen LogP contribution is -2.31. The van der Waals surface area contributed by atoms with Crippen LogP contribution in [-0.2, 0) is 0 Å². The first-order valence-corrected chi connectivity index (χ1v) is 6.55. The normalized spacial score (nSPS) is 11.8. The van der Waals surface area contributed by atoms with Crippen LogP contribution in [-0.4, -0.2) is 5.11 Å². The molecule has 2 N–H and O–H groups in total. The van der Waals surface area contributed by atoms with Crippen LogP contribution < -0.4 is 10.6 Å². The largest absolute Gasteiger partial charge is 0.356 e. The summed E-state index contributed by atoms with van der Waals surface area (Å²) in [5.41, 5.74) is 0.788. The monoisotopic (exact) mass is 292 g/mol. The van der Waals surface area contributed by atoms with Crippen LogP contribution in [0.4, 0.5) is 14.5 Å². The van der Waals surface area contributed by atoms with E-state index in [0.29, 0.717) is 0 Å². The number of nitrogens with one attached hydrogen (secondary N) is 2. The number of rotatable bonds is 3. The van der Waals surface area contributed by atoms with Crippen molar-refractivity contribution in [2.75, 3.05) is 5.32 Å². The first kappa shape index (κ1) is 14.4. The fourth-order valence-corrected chi connectivity index (χ4v) is 2.07. The van der Waals surface area contributed by atoms with Crippen LogP contribution in [0.25, 0.3) is 0 Å². The Bertz CT molecular complexity index is 582. The average Bonchev–Trinajstić information content (AvgIpc) is 2.44. The van der Waals surface area contributed by atoms with E-state index in [0.717, 1.165) is 5.56 Å². The van der Waals surface area contributed by atoms with E-state index in [2.05, 4.69) is 10.6 Å². The summed E-state index contributed by atoms with van der Waals surface area (Å²) in [7, 11) is 0. The minimum atomic E-state index is -0.679. The third kappa shape index (κ3) is 3.51. The predicted molar refractivity (Wildman–Crippen MR) is 80.6 cm³/mol. The van der Waals surface area contributed by atoms with Crippen LogP contribution in [0.1, 0.15) is 18.5 Å². The van der Waals surface area contributed by atoms with Gasteiger partial charge in [0.15, 0.2) is 5.11 Å². The lowest BCUT2D eigenvalue weighted by atomic mass is 10.1. The summed E-state index contributed by atoms with van der Waals surface area (Å²) in [6, 6.07) is 13.2. The van der Waals surface area contributed by atoms with Crippen molar-refractivity contribution in [1.29, 1.82) is 0 Å². The van der Waals surface area contributed by atoms with Crippen LogP contribution in [0.2, 0.25) is 0 Å². The van der Waals surface area contributed by atoms with Crippen molar-refractivity contribution < 1.29 is 8.78 Å². The zero-order chi connectivity index (χ0) is 14.5. The molecule has 0 saturated heterocycles. The second-order valence-corrected chi connectivity index (χ2v) is 4.74. The molecule has 0 fully saturated rings. The molecule has 0 spiro atoms. The zero-order valence-electron chi connectivity index (χ0n) is 10.9. The van der Waals surface area contributed by atoms with Crippen LogP contribution >= 0.6 is 12.2 Å². The number of hydrogen-bond acceptors (Lipinski definition) is 1. The first-order chi connectivity index (χ1) is 9.58. The minimum absolute atomic E-state index is 0.0639. The Morgan fingerprint density at radius 3 is 2.20 bits per heavy atom. The van der Waals surface area contributed by atoms with E-state index in [4.69, 9.17) is 12.2 Å². The molecule has 0 bridgehead atoms. The molecule has 0 aliphatic rings. The van der Waals surface area contributed by atoms with Gasteiger partial charge in [0.2, 0.25) is 0 Å². The van der Waals surface area contributed by atoms with Crippen LogP contribution in [0.5, 0.6) is 0 Å². The Balaban J connectivity index is 2.03. The Morgan fingerprint density at radius 1 is 1.00 bits per heavy atom. The van der Waals surface area contributed by atoms with E-state index < -0.39 is 11.6 Å². The number of benzene rings is 2. The number of anilines is 1. The number of hydrogen-bond donors (Lipinski definition) is 2. The standard InChI is InChI=1S/C15H14F2N2S/c1-10(11-6-3-2-4-7-11)18-15(20)19-14-12(16)8-5-9-13(14)17/h2-10H,1H3,(H2,18,19,20). The van der Waals surface area contributed by atoms with Gasteiger partial charge in [-0.25, -0.2) is 8.78 Å². The molecular formula is C15H14F2N2S. The molecule has 0 aromatic heterocycles. The molecule has 2 aromatic rings. The van der Waals surface area contributed by atoms with Crippen molar-refractivity contribution >= 4 is 23.0 Å². The van der Waals surface area contributed by atoms with Crippen molar-refractivity contribution in [2.45, 2.75) is 13.0 Å². The molecule has 0 saturated carbocycles. The minimum Gasteiger partial charge on any atom is -0.356 e. The van der Waals surface area contributed by atoms with Crippen molar-refractivity contribution in [1.82, 2.24) is 5.32 Å². The highest BCUT2D eigenvalue weighted by Gasteiger charge is 2.11. The molecule has 2 nitrogen and oxygen atoms in total. The number of para-hydroxylation sites is 1. The van der Waals surface area contributed by atoms with Gasteiger partial charge in [0.05, 0.1) is 6.04 Å². The smallest absolute Gasteiger partial charge is 0.171 e. The van der Waals surface area contributed by atoms with Gasteiger partial charge in [-0.15, -0.1) is 0 Å². The maximum Gasteiger partial charge on any atom is 0.171 e. The summed E-state index contributed by atoms with van der Waals surface area (Å²) in [5.74, 6) is -1.36. The highest BCUT2D eigenvalue weighted by atomic mass is 32.1. The quantitative estimate of drug-likeness (QED) is 0.836. The maximum absolute atomic E-state index is 13.5. The van der Waals surface area contributed by atoms with Gasteiger partial charge in [-0.2, -0.15) is 0 Å². The predicted octanol–water partition coefficient (Wildman–Crippen LogP) is 4.01. The molecular weight excluding hydrogens is 278 g/mol. The second kappa shape index (κ2) is 6.43. The zero-order valence-corrected chi connectivity index (χ0v) is 11.7. The number of halogens is 2. The molecule has 0 amide bonds. The summed E-state index contributed by atoms with van der Waals surface area (Å²) in [5, 5.41) is 5.71. The van der Waals surface area contributed by atoms with Gasteiger partial charge in [-0.3, -0.25) is 0 Å². The molecule has 5 heteroatoms. The van der Waals surface area contributed by atoms with Gasteiger partial charge in [-0.1, -0.05) is 36.4 Å². The highest BCUT2D eigenvalue weighted by Crippen LogP contribution is 2.18. The molecule has 104 valence electrons. The lowest BCUT2D eigenvalue weighted by molar-refractivity contribution is 0.590. The Labute approximate surface area is 121 Å². The van der Waals surface area contributed by atoms with Crippen molar-refractivity contribution in [2.24, 2.45) is 0 Å². The molecule has 1 unspecified atom stereocenters. The molecule has 20 heavy (non-hydrogen) atoms. The SMILES string of the molecule is CC(NC(=S)Nc1c(F)cccc1F)c1ccccc1. The summed E-state index contributed by atoms with van der Waals surface area (Å²) >= 11 is 5.08. The Kier molecular flexibility index (Phi) is 4.63. The maximum atomic E-state index is 13.5. The molecule has 0 heterocycles. The molecule has 2 aromatic carbocycles. The van der Waals surface area contributed by atoms with E-state index in [1.165, 1.54) is 18.2 Å². The third-order valence-corrected chi connectivity index (χ3v) is 3.07. The van der Waals surface area contributed by atoms with Crippen molar-refractivity contribution in [3.05, 3.63) is 65.7 Å². The Hall–Kier alpha value is -2.01. The highest BCUT2D eigenvalue weighted by molar-refractivity contribution is 7.80. The third-order valence-electron chi connectivity index (χ3n) is 2.85. The fraction of sp³-hybridized carbons (Fsp3) is 0.133. The molecule has 2 rings (SSSR count). The van der Waals surface area contributed by atoms with Crippen LogP contribution in [0, 0.1) is 11.6 Å². The van der Waals surface area contributed by atoms with Crippen molar-refractivity contribution in [3.63, 3.8) is 0 Å². The first-order valence-electron chi connectivity index (χ1n) is 6.14. The molecule has 0 aliphatic heterocycles. The second-order valence-electron chi connectivity index (χ2n) is 4.33. The average molecular weight is 292 g/mol. The van der Waals surface area contributed by atoms with E-state index in [9.17, 15) is 8.78 Å². The van der Waals surface area contributed by atoms with E-state index in [1.807, 2.05) is 37.3 Å². The Morgan fingerprint density at radius 2 is 1.60 bits per heavy atom. The van der Waals surface area contributed by atoms with Gasteiger partial charge in [0.1, 0.15) is 17.3 Å². The summed E-state index contributed by atoms with van der Waals surface area (Å²) in [6.45, 7) is 1.92. The summed E-state index contributed by atoms with van der Waals surface area (Å²) in [4.78, 5) is 0. The van der Waals surface area contributed by atoms with Crippen LogP contribution in [0.15, 0.2) is 48.5 Å². The molecule has 0 radical (unpaired) electrons. The topological polar surface area (TPSA) is 24.1 Å². The van der Waals surface area contributed by atoms with E-state index in [1.54, 1.807) is 0 Å². The van der Waals surface area contributed by atoms with Gasteiger partial charge in [0, 0.05) is 0 Å².